The maximum atomic E-state index is 13.3. The first-order chi connectivity index (χ1) is 17.3. The molecular weight excluding hydrogens is 463 g/mol. The number of aryl methyl sites for hydroxylation is 1. The number of pyridine rings is 1. The fraction of sp³-hybridized carbons (Fsp3) is 0.250. The number of hydrogen-bond acceptors (Lipinski definition) is 5. The minimum absolute atomic E-state index is 0.368. The lowest BCUT2D eigenvalue weighted by Crippen LogP contribution is -2.10. The molecule has 0 atom stereocenters. The highest BCUT2D eigenvalue weighted by atomic mass is 19.4. The second-order valence-corrected chi connectivity index (χ2v) is 8.80. The van der Waals surface area contributed by atoms with Crippen LogP contribution in [0.25, 0.3) is 22.4 Å². The summed E-state index contributed by atoms with van der Waals surface area (Å²) in [6.07, 6.45) is 2.15. The molecule has 0 saturated carbocycles. The number of nitrogens with one attached hydrogen (secondary N) is 2. The molecule has 0 aliphatic rings. The van der Waals surface area contributed by atoms with Gasteiger partial charge >= 0.3 is 6.18 Å². The van der Waals surface area contributed by atoms with Gasteiger partial charge in [0.15, 0.2) is 0 Å². The molecule has 0 spiro atoms. The van der Waals surface area contributed by atoms with Gasteiger partial charge in [-0.2, -0.15) is 13.2 Å². The third-order valence-electron chi connectivity index (χ3n) is 5.55. The first kappa shape index (κ1) is 25.2. The van der Waals surface area contributed by atoms with Crippen LogP contribution in [0.2, 0.25) is 0 Å². The zero-order chi connectivity index (χ0) is 25.5. The zero-order valence-electron chi connectivity index (χ0n) is 20.2. The van der Waals surface area contributed by atoms with E-state index in [1.807, 2.05) is 6.07 Å². The summed E-state index contributed by atoms with van der Waals surface area (Å²) in [5.41, 5.74) is 3.84. The van der Waals surface area contributed by atoms with Gasteiger partial charge in [0.05, 0.1) is 11.3 Å². The summed E-state index contributed by atoms with van der Waals surface area (Å²) in [6.45, 7) is 4.87. The highest BCUT2D eigenvalue weighted by molar-refractivity contribution is 5.81. The molecule has 0 unspecified atom stereocenters. The van der Waals surface area contributed by atoms with E-state index in [9.17, 15) is 13.2 Å². The normalized spacial score (nSPS) is 11.5. The average Bonchev–Trinajstić information content (AvgIpc) is 2.86. The van der Waals surface area contributed by atoms with E-state index >= 15 is 0 Å². The Kier molecular flexibility index (Phi) is 7.83. The van der Waals surface area contributed by atoms with E-state index < -0.39 is 11.7 Å². The molecule has 2 N–H and O–H groups in total. The van der Waals surface area contributed by atoms with Crippen molar-refractivity contribution >= 4 is 11.6 Å². The molecule has 0 fully saturated rings. The van der Waals surface area contributed by atoms with Crippen LogP contribution in [0.15, 0.2) is 79.3 Å². The van der Waals surface area contributed by atoms with Crippen molar-refractivity contribution in [3.63, 3.8) is 0 Å². The Morgan fingerprint density at radius 2 is 1.69 bits per heavy atom. The second-order valence-electron chi connectivity index (χ2n) is 8.80. The molecule has 0 radical (unpaired) electrons. The standard InChI is InChI=1S/C28H28F3N5/c1-19(2)35-24-10-3-6-20(16-24)7-5-13-33-27-34-18-25(26(36-27)21-11-14-32-15-12-21)22-8-4-9-23(17-22)28(29,30)31/h3-4,6,8-12,14-19,35H,5,7,13H2,1-2H3,(H,33,34,36). The quantitative estimate of drug-likeness (QED) is 0.245. The lowest BCUT2D eigenvalue weighted by Gasteiger charge is -2.14. The van der Waals surface area contributed by atoms with Crippen LogP contribution in [0.4, 0.5) is 24.8 Å². The number of nitrogens with zero attached hydrogens (tertiary/aromatic N) is 3. The van der Waals surface area contributed by atoms with Crippen molar-refractivity contribution in [2.24, 2.45) is 0 Å². The predicted octanol–water partition coefficient (Wildman–Crippen LogP) is 7.09. The van der Waals surface area contributed by atoms with Gasteiger partial charge in [0, 0.05) is 48.0 Å². The Bertz CT molecular complexity index is 1290. The molecule has 36 heavy (non-hydrogen) atoms. The molecule has 0 aliphatic carbocycles. The van der Waals surface area contributed by atoms with E-state index in [4.69, 9.17) is 0 Å². The van der Waals surface area contributed by atoms with Crippen LogP contribution in [0, 0.1) is 0 Å². The molecule has 2 heterocycles. The highest BCUT2D eigenvalue weighted by Gasteiger charge is 2.30. The Balaban J connectivity index is 1.51. The van der Waals surface area contributed by atoms with Crippen LogP contribution in [-0.2, 0) is 12.6 Å². The summed E-state index contributed by atoms with van der Waals surface area (Å²) < 4.78 is 39.9. The van der Waals surface area contributed by atoms with Gasteiger partial charge in [-0.1, -0.05) is 24.3 Å². The first-order valence-electron chi connectivity index (χ1n) is 11.8. The van der Waals surface area contributed by atoms with E-state index in [0.717, 1.165) is 36.2 Å². The van der Waals surface area contributed by atoms with Gasteiger partial charge in [0.25, 0.3) is 0 Å². The van der Waals surface area contributed by atoms with Gasteiger partial charge in [-0.15, -0.1) is 0 Å². The fourth-order valence-corrected chi connectivity index (χ4v) is 3.91. The molecule has 4 aromatic rings. The molecule has 2 aromatic heterocycles. The van der Waals surface area contributed by atoms with E-state index in [-0.39, 0.29) is 0 Å². The van der Waals surface area contributed by atoms with Crippen molar-refractivity contribution in [3.8, 4) is 22.4 Å². The number of hydrogen-bond donors (Lipinski definition) is 2. The number of aromatic nitrogens is 3. The van der Waals surface area contributed by atoms with Gasteiger partial charge in [-0.25, -0.2) is 9.97 Å². The Hall–Kier alpha value is -3.94. The minimum atomic E-state index is -4.43. The SMILES string of the molecule is CC(C)Nc1cccc(CCCNc2ncc(-c3cccc(C(F)(F)F)c3)c(-c3ccncc3)n2)c1. The van der Waals surface area contributed by atoms with Gasteiger partial charge in [-0.05, 0) is 74.2 Å². The number of alkyl halides is 3. The Morgan fingerprint density at radius 3 is 2.44 bits per heavy atom. The number of anilines is 2. The largest absolute Gasteiger partial charge is 0.416 e. The molecule has 186 valence electrons. The van der Waals surface area contributed by atoms with Crippen molar-refractivity contribution in [2.75, 3.05) is 17.2 Å². The van der Waals surface area contributed by atoms with E-state index in [2.05, 4.69) is 57.6 Å². The Morgan fingerprint density at radius 1 is 0.917 bits per heavy atom. The maximum absolute atomic E-state index is 13.3. The molecule has 0 saturated heterocycles. The molecule has 4 rings (SSSR count). The number of rotatable bonds is 9. The smallest absolute Gasteiger partial charge is 0.383 e. The molecule has 0 amide bonds. The highest BCUT2D eigenvalue weighted by Crippen LogP contribution is 2.35. The van der Waals surface area contributed by atoms with Gasteiger partial charge in [0.2, 0.25) is 5.95 Å². The van der Waals surface area contributed by atoms with Crippen LogP contribution < -0.4 is 10.6 Å². The summed E-state index contributed by atoms with van der Waals surface area (Å²) in [4.78, 5) is 13.1. The zero-order valence-corrected chi connectivity index (χ0v) is 20.2. The monoisotopic (exact) mass is 491 g/mol. The van der Waals surface area contributed by atoms with Crippen LogP contribution >= 0.6 is 0 Å². The molecule has 0 bridgehead atoms. The summed E-state index contributed by atoms with van der Waals surface area (Å²) >= 11 is 0. The molecular formula is C28H28F3N5. The first-order valence-corrected chi connectivity index (χ1v) is 11.8. The van der Waals surface area contributed by atoms with Crippen LogP contribution in [0.5, 0.6) is 0 Å². The molecule has 5 nitrogen and oxygen atoms in total. The summed E-state index contributed by atoms with van der Waals surface area (Å²) in [5.74, 6) is 0.424. The van der Waals surface area contributed by atoms with Crippen molar-refractivity contribution < 1.29 is 13.2 Å². The van der Waals surface area contributed by atoms with Crippen LogP contribution in [0.1, 0.15) is 31.4 Å². The lowest BCUT2D eigenvalue weighted by atomic mass is 9.99. The van der Waals surface area contributed by atoms with E-state index in [1.54, 1.807) is 36.8 Å². The third-order valence-corrected chi connectivity index (χ3v) is 5.55. The van der Waals surface area contributed by atoms with Crippen molar-refractivity contribution in [1.82, 2.24) is 15.0 Å². The van der Waals surface area contributed by atoms with E-state index in [1.165, 1.54) is 11.6 Å². The predicted molar refractivity (Wildman–Crippen MR) is 138 cm³/mol. The average molecular weight is 492 g/mol. The lowest BCUT2D eigenvalue weighted by molar-refractivity contribution is -0.137. The fourth-order valence-electron chi connectivity index (χ4n) is 3.91. The topological polar surface area (TPSA) is 62.7 Å². The van der Waals surface area contributed by atoms with Gasteiger partial charge < -0.3 is 10.6 Å². The minimum Gasteiger partial charge on any atom is -0.383 e. The van der Waals surface area contributed by atoms with Crippen LogP contribution in [-0.4, -0.2) is 27.5 Å². The van der Waals surface area contributed by atoms with Gasteiger partial charge in [0.1, 0.15) is 0 Å². The molecule has 0 aliphatic heterocycles. The Labute approximate surface area is 208 Å². The number of halogens is 3. The van der Waals surface area contributed by atoms with Crippen molar-refractivity contribution in [1.29, 1.82) is 0 Å². The second kappa shape index (κ2) is 11.2. The molecule has 8 heteroatoms. The van der Waals surface area contributed by atoms with E-state index in [0.29, 0.717) is 35.4 Å². The summed E-state index contributed by atoms with van der Waals surface area (Å²) in [7, 11) is 0. The van der Waals surface area contributed by atoms with Crippen molar-refractivity contribution in [3.05, 3.63) is 90.4 Å². The maximum Gasteiger partial charge on any atom is 0.416 e. The third kappa shape index (κ3) is 6.59. The van der Waals surface area contributed by atoms with Gasteiger partial charge in [-0.3, -0.25) is 4.98 Å². The molecule has 2 aromatic carbocycles. The summed E-state index contributed by atoms with van der Waals surface area (Å²) in [6, 6.07) is 17.5. The summed E-state index contributed by atoms with van der Waals surface area (Å²) in [5, 5.41) is 6.66. The van der Waals surface area contributed by atoms with Crippen LogP contribution in [0.3, 0.4) is 0 Å². The number of benzene rings is 2. The van der Waals surface area contributed by atoms with Crippen molar-refractivity contribution in [2.45, 2.75) is 38.9 Å².